The Labute approximate surface area is 199 Å². The molecule has 31 heavy (non-hydrogen) atoms. The molecule has 0 aliphatic heterocycles. The molecular weight excluding hydrogens is 531 g/mol. The number of hydrazone groups is 1. The lowest BCUT2D eigenvalue weighted by Gasteiger charge is -2.15. The maximum Gasteiger partial charge on any atom is 0.335 e. The molecule has 0 heterocycles. The van der Waals surface area contributed by atoms with E-state index in [1.54, 1.807) is 18.3 Å². The van der Waals surface area contributed by atoms with Crippen LogP contribution in [0.5, 0.6) is 11.5 Å². The van der Waals surface area contributed by atoms with Crippen LogP contribution >= 0.6 is 34.2 Å². The van der Waals surface area contributed by atoms with Crippen LogP contribution in [0.3, 0.4) is 0 Å². The normalized spacial score (nSPS) is 10.8. The predicted molar refractivity (Wildman–Crippen MR) is 131 cm³/mol. The molecule has 0 fully saturated rings. The van der Waals surface area contributed by atoms with Crippen LogP contribution < -0.4 is 14.9 Å². The summed E-state index contributed by atoms with van der Waals surface area (Å²) in [4.78, 5) is 11.1. The standard InChI is InChI=1S/C23H20ClIN2O4/c1-2-30-21-11-15(13-26-27-18-8-5-7-16(12-18)23(28)29)10-20(25)22(21)31-14-17-6-3-4-9-19(17)24/h3-13,27H,2,14H2,1H3,(H,28,29). The number of carboxylic acids is 1. The van der Waals surface area contributed by atoms with E-state index in [0.717, 1.165) is 14.7 Å². The minimum Gasteiger partial charge on any atom is -0.490 e. The van der Waals surface area contributed by atoms with Crippen molar-refractivity contribution in [2.45, 2.75) is 13.5 Å². The summed E-state index contributed by atoms with van der Waals surface area (Å²) in [5.74, 6) is 0.258. The van der Waals surface area contributed by atoms with Gasteiger partial charge < -0.3 is 14.6 Å². The molecular formula is C23H20ClIN2O4. The van der Waals surface area contributed by atoms with Crippen LogP contribution in [0.25, 0.3) is 0 Å². The zero-order valence-corrected chi connectivity index (χ0v) is 19.6. The van der Waals surface area contributed by atoms with Gasteiger partial charge in [0.05, 0.1) is 27.6 Å². The third kappa shape index (κ3) is 6.35. The molecule has 160 valence electrons. The number of carbonyl (C=O) groups is 1. The molecule has 8 heteroatoms. The molecule has 0 unspecified atom stereocenters. The van der Waals surface area contributed by atoms with Crippen LogP contribution in [-0.2, 0) is 6.61 Å². The molecule has 0 saturated heterocycles. The summed E-state index contributed by atoms with van der Waals surface area (Å²) in [6, 6.07) is 17.7. The number of aromatic carboxylic acids is 1. The monoisotopic (exact) mass is 550 g/mol. The summed E-state index contributed by atoms with van der Waals surface area (Å²) in [5.41, 5.74) is 5.31. The van der Waals surface area contributed by atoms with Crippen molar-refractivity contribution in [1.82, 2.24) is 0 Å². The number of rotatable bonds is 9. The van der Waals surface area contributed by atoms with E-state index in [2.05, 4.69) is 33.1 Å². The topological polar surface area (TPSA) is 80.2 Å². The van der Waals surface area contributed by atoms with Crippen molar-refractivity contribution in [3.63, 3.8) is 0 Å². The second-order valence-corrected chi connectivity index (χ2v) is 7.97. The van der Waals surface area contributed by atoms with Gasteiger partial charge in [0.1, 0.15) is 6.61 Å². The van der Waals surface area contributed by atoms with Gasteiger partial charge >= 0.3 is 5.97 Å². The van der Waals surface area contributed by atoms with Crippen LogP contribution in [0, 0.1) is 3.57 Å². The molecule has 2 N–H and O–H groups in total. The summed E-state index contributed by atoms with van der Waals surface area (Å²) in [6.07, 6.45) is 1.63. The summed E-state index contributed by atoms with van der Waals surface area (Å²) >= 11 is 8.41. The summed E-state index contributed by atoms with van der Waals surface area (Å²) < 4.78 is 12.7. The number of hydrogen-bond acceptors (Lipinski definition) is 5. The molecule has 0 saturated carbocycles. The lowest BCUT2D eigenvalue weighted by atomic mass is 10.2. The van der Waals surface area contributed by atoms with Crippen molar-refractivity contribution in [2.75, 3.05) is 12.0 Å². The second kappa shape index (κ2) is 11.0. The Morgan fingerprint density at radius 1 is 1.16 bits per heavy atom. The fraction of sp³-hybridized carbons (Fsp3) is 0.130. The lowest BCUT2D eigenvalue weighted by molar-refractivity contribution is 0.0697. The zero-order valence-electron chi connectivity index (χ0n) is 16.6. The van der Waals surface area contributed by atoms with Crippen molar-refractivity contribution in [3.05, 3.63) is 85.9 Å². The number of hydrogen-bond donors (Lipinski definition) is 2. The van der Waals surface area contributed by atoms with Gasteiger partial charge in [-0.2, -0.15) is 5.10 Å². The van der Waals surface area contributed by atoms with Crippen molar-refractivity contribution in [2.24, 2.45) is 5.10 Å². The van der Waals surface area contributed by atoms with Gasteiger partial charge in [0.2, 0.25) is 0 Å². The maximum absolute atomic E-state index is 11.1. The van der Waals surface area contributed by atoms with Gasteiger partial charge in [-0.15, -0.1) is 0 Å². The molecule has 3 aromatic rings. The smallest absolute Gasteiger partial charge is 0.335 e. The van der Waals surface area contributed by atoms with E-state index < -0.39 is 5.97 Å². The fourth-order valence-corrected chi connectivity index (χ4v) is 3.71. The highest BCUT2D eigenvalue weighted by molar-refractivity contribution is 14.1. The first kappa shape index (κ1) is 22.9. The van der Waals surface area contributed by atoms with Crippen LogP contribution in [0.2, 0.25) is 5.02 Å². The molecule has 3 aromatic carbocycles. The third-order valence-electron chi connectivity index (χ3n) is 4.18. The van der Waals surface area contributed by atoms with E-state index in [1.807, 2.05) is 43.3 Å². The van der Waals surface area contributed by atoms with Crippen LogP contribution in [0.4, 0.5) is 5.69 Å². The molecule has 0 aliphatic rings. The average Bonchev–Trinajstić information content (AvgIpc) is 2.75. The number of anilines is 1. The Bertz CT molecular complexity index is 1100. The van der Waals surface area contributed by atoms with Gasteiger partial charge in [0.15, 0.2) is 11.5 Å². The number of nitrogens with one attached hydrogen (secondary N) is 1. The Morgan fingerprint density at radius 3 is 2.71 bits per heavy atom. The minimum atomic E-state index is -0.990. The number of ether oxygens (including phenoxy) is 2. The highest BCUT2D eigenvalue weighted by Gasteiger charge is 2.13. The highest BCUT2D eigenvalue weighted by Crippen LogP contribution is 2.35. The van der Waals surface area contributed by atoms with Gasteiger partial charge in [-0.1, -0.05) is 35.9 Å². The number of halogens is 2. The Kier molecular flexibility index (Phi) is 8.13. The average molecular weight is 551 g/mol. The fourth-order valence-electron chi connectivity index (χ4n) is 2.73. The zero-order chi connectivity index (χ0) is 22.2. The van der Waals surface area contributed by atoms with E-state index >= 15 is 0 Å². The molecule has 0 spiro atoms. The molecule has 0 radical (unpaired) electrons. The predicted octanol–water partition coefficient (Wildman–Crippen LogP) is 6.07. The minimum absolute atomic E-state index is 0.188. The molecule has 3 rings (SSSR count). The van der Waals surface area contributed by atoms with Gasteiger partial charge in [0.25, 0.3) is 0 Å². The Morgan fingerprint density at radius 2 is 1.97 bits per heavy atom. The van der Waals surface area contributed by atoms with E-state index in [9.17, 15) is 4.79 Å². The summed E-state index contributed by atoms with van der Waals surface area (Å²) in [7, 11) is 0. The SMILES string of the molecule is CCOc1cc(C=NNc2cccc(C(=O)O)c2)cc(I)c1OCc1ccccc1Cl. The number of benzene rings is 3. The summed E-state index contributed by atoms with van der Waals surface area (Å²) in [5, 5.41) is 13.9. The van der Waals surface area contributed by atoms with Crippen molar-refractivity contribution in [3.8, 4) is 11.5 Å². The summed E-state index contributed by atoms with van der Waals surface area (Å²) in [6.45, 7) is 2.71. The molecule has 0 aliphatic carbocycles. The Balaban J connectivity index is 1.76. The van der Waals surface area contributed by atoms with Crippen LogP contribution in [-0.4, -0.2) is 23.9 Å². The van der Waals surface area contributed by atoms with Crippen LogP contribution in [0.1, 0.15) is 28.4 Å². The Hall–Kier alpha value is -2.78. The van der Waals surface area contributed by atoms with E-state index in [-0.39, 0.29) is 5.56 Å². The lowest BCUT2D eigenvalue weighted by Crippen LogP contribution is -2.03. The van der Waals surface area contributed by atoms with E-state index in [0.29, 0.717) is 35.4 Å². The largest absolute Gasteiger partial charge is 0.490 e. The van der Waals surface area contributed by atoms with E-state index in [4.69, 9.17) is 26.2 Å². The first-order valence-electron chi connectivity index (χ1n) is 9.43. The number of carboxylic acid groups (broad SMARTS) is 1. The van der Waals surface area contributed by atoms with Crippen molar-refractivity contribution in [1.29, 1.82) is 0 Å². The highest BCUT2D eigenvalue weighted by atomic mass is 127. The first-order chi connectivity index (χ1) is 15.0. The van der Waals surface area contributed by atoms with Gasteiger partial charge in [0, 0.05) is 10.6 Å². The molecule has 0 atom stereocenters. The molecule has 0 bridgehead atoms. The van der Waals surface area contributed by atoms with Crippen LogP contribution in [0.15, 0.2) is 65.8 Å². The van der Waals surface area contributed by atoms with Gasteiger partial charge in [-0.3, -0.25) is 5.43 Å². The maximum atomic E-state index is 11.1. The number of nitrogens with zero attached hydrogens (tertiary/aromatic N) is 1. The van der Waals surface area contributed by atoms with Gasteiger partial charge in [-0.05, 0) is 71.5 Å². The molecule has 0 amide bonds. The third-order valence-corrected chi connectivity index (χ3v) is 5.35. The quantitative estimate of drug-likeness (QED) is 0.192. The van der Waals surface area contributed by atoms with Gasteiger partial charge in [-0.25, -0.2) is 4.79 Å². The molecule has 0 aromatic heterocycles. The molecule has 6 nitrogen and oxygen atoms in total. The van der Waals surface area contributed by atoms with E-state index in [1.165, 1.54) is 12.1 Å². The van der Waals surface area contributed by atoms with Crippen molar-refractivity contribution >= 4 is 52.1 Å². The first-order valence-corrected chi connectivity index (χ1v) is 10.9. The second-order valence-electron chi connectivity index (χ2n) is 6.40. The van der Waals surface area contributed by atoms with Crippen molar-refractivity contribution < 1.29 is 19.4 Å².